The number of carboxylic acid groups (broad SMARTS) is 1. The van der Waals surface area contributed by atoms with E-state index in [9.17, 15) is 18.4 Å². The minimum atomic E-state index is -2.74. The van der Waals surface area contributed by atoms with Gasteiger partial charge in [-0.1, -0.05) is 13.3 Å². The summed E-state index contributed by atoms with van der Waals surface area (Å²) in [6, 6.07) is -2.02. The first kappa shape index (κ1) is 16.6. The SMILES string of the molecule is CCC[C@@H](NC(=O)N(CCO)CC(F)F)C(=O)O. The third kappa shape index (κ3) is 6.33. The summed E-state index contributed by atoms with van der Waals surface area (Å²) < 4.78 is 24.4. The first-order valence-corrected chi connectivity index (χ1v) is 5.59. The molecule has 0 radical (unpaired) electrons. The standard InChI is InChI=1S/C10H18F2N2O4/c1-2-3-7(9(16)17)13-10(18)14(4-5-15)6-8(11)12/h7-8,15H,2-6H2,1H3,(H,13,18)(H,16,17)/t7-/m1/s1. The number of halogens is 2. The molecule has 0 aliphatic heterocycles. The Balaban J connectivity index is 4.50. The predicted octanol–water partition coefficient (Wildman–Crippen LogP) is 0.509. The molecule has 3 N–H and O–H groups in total. The van der Waals surface area contributed by atoms with Crippen molar-refractivity contribution in [2.24, 2.45) is 0 Å². The van der Waals surface area contributed by atoms with Crippen molar-refractivity contribution >= 4 is 12.0 Å². The molecule has 0 fully saturated rings. The van der Waals surface area contributed by atoms with Gasteiger partial charge in [0, 0.05) is 6.54 Å². The number of nitrogens with zero attached hydrogens (tertiary/aromatic N) is 1. The fraction of sp³-hybridized carbons (Fsp3) is 0.800. The van der Waals surface area contributed by atoms with Crippen molar-refractivity contribution in [1.82, 2.24) is 10.2 Å². The van der Waals surface area contributed by atoms with Gasteiger partial charge in [-0.25, -0.2) is 18.4 Å². The second-order valence-corrected chi connectivity index (χ2v) is 3.69. The van der Waals surface area contributed by atoms with Crippen molar-refractivity contribution in [3.8, 4) is 0 Å². The maximum Gasteiger partial charge on any atom is 0.326 e. The van der Waals surface area contributed by atoms with Gasteiger partial charge < -0.3 is 20.4 Å². The Hall–Kier alpha value is -1.44. The molecule has 8 heteroatoms. The number of amides is 2. The Morgan fingerprint density at radius 3 is 2.39 bits per heavy atom. The highest BCUT2D eigenvalue weighted by Gasteiger charge is 2.23. The number of carbonyl (C=O) groups is 2. The highest BCUT2D eigenvalue weighted by atomic mass is 19.3. The number of aliphatic hydroxyl groups is 1. The zero-order chi connectivity index (χ0) is 14.1. The normalized spacial score (nSPS) is 12.3. The smallest absolute Gasteiger partial charge is 0.326 e. The minimum Gasteiger partial charge on any atom is -0.480 e. The van der Waals surface area contributed by atoms with Crippen molar-refractivity contribution < 1.29 is 28.6 Å². The van der Waals surface area contributed by atoms with Crippen LogP contribution in [-0.2, 0) is 4.79 Å². The number of urea groups is 1. The first-order valence-electron chi connectivity index (χ1n) is 5.59. The van der Waals surface area contributed by atoms with E-state index in [1.54, 1.807) is 6.92 Å². The third-order valence-corrected chi connectivity index (χ3v) is 2.19. The largest absolute Gasteiger partial charge is 0.480 e. The molecule has 0 aliphatic carbocycles. The number of nitrogens with one attached hydrogen (secondary N) is 1. The second kappa shape index (κ2) is 8.62. The molecule has 0 heterocycles. The summed E-state index contributed by atoms with van der Waals surface area (Å²) in [5.74, 6) is -1.22. The molecule has 0 aromatic rings. The predicted molar refractivity (Wildman–Crippen MR) is 59.5 cm³/mol. The van der Waals surface area contributed by atoms with Gasteiger partial charge in [0.05, 0.1) is 13.2 Å². The molecular weight excluding hydrogens is 250 g/mol. The molecule has 0 saturated heterocycles. The van der Waals surface area contributed by atoms with Crippen LogP contribution in [0.3, 0.4) is 0 Å². The van der Waals surface area contributed by atoms with E-state index in [1.807, 2.05) is 0 Å². The average Bonchev–Trinajstić information content (AvgIpc) is 2.27. The lowest BCUT2D eigenvalue weighted by atomic mass is 10.2. The summed E-state index contributed by atoms with van der Waals surface area (Å²) in [6.07, 6.45) is -1.99. The van der Waals surface area contributed by atoms with Gasteiger partial charge in [-0.2, -0.15) is 0 Å². The summed E-state index contributed by atoms with van der Waals surface area (Å²) >= 11 is 0. The van der Waals surface area contributed by atoms with Crippen molar-refractivity contribution in [3.63, 3.8) is 0 Å². The highest BCUT2D eigenvalue weighted by Crippen LogP contribution is 2.02. The number of hydrogen-bond donors (Lipinski definition) is 3. The molecule has 18 heavy (non-hydrogen) atoms. The Labute approximate surface area is 104 Å². The van der Waals surface area contributed by atoms with Crippen LogP contribution in [0.5, 0.6) is 0 Å². The topological polar surface area (TPSA) is 89.9 Å². The molecule has 0 bridgehead atoms. The fourth-order valence-corrected chi connectivity index (χ4v) is 1.35. The van der Waals surface area contributed by atoms with Gasteiger partial charge in [-0.3, -0.25) is 0 Å². The lowest BCUT2D eigenvalue weighted by molar-refractivity contribution is -0.139. The molecule has 0 spiro atoms. The zero-order valence-electron chi connectivity index (χ0n) is 10.1. The molecule has 0 saturated carbocycles. The van der Waals surface area contributed by atoms with Crippen LogP contribution in [0, 0.1) is 0 Å². The summed E-state index contributed by atoms with van der Waals surface area (Å²) in [4.78, 5) is 23.1. The average molecular weight is 268 g/mol. The van der Waals surface area contributed by atoms with Gasteiger partial charge in [0.25, 0.3) is 6.43 Å². The number of aliphatic carboxylic acids is 1. The van der Waals surface area contributed by atoms with E-state index in [0.717, 1.165) is 0 Å². The van der Waals surface area contributed by atoms with Gasteiger partial charge in [0.1, 0.15) is 6.04 Å². The van der Waals surface area contributed by atoms with Crippen LogP contribution in [0.25, 0.3) is 0 Å². The number of carboxylic acids is 1. The van der Waals surface area contributed by atoms with Crippen LogP contribution in [-0.4, -0.2) is 59.3 Å². The summed E-state index contributed by atoms with van der Waals surface area (Å²) in [5, 5.41) is 19.6. The maximum atomic E-state index is 12.2. The molecular formula is C10H18F2N2O4. The molecule has 0 aliphatic rings. The third-order valence-electron chi connectivity index (χ3n) is 2.19. The maximum absolute atomic E-state index is 12.2. The Morgan fingerprint density at radius 1 is 1.39 bits per heavy atom. The lowest BCUT2D eigenvalue weighted by Crippen LogP contribution is -2.49. The number of rotatable bonds is 8. The fourth-order valence-electron chi connectivity index (χ4n) is 1.35. The summed E-state index contributed by atoms with van der Waals surface area (Å²) in [5.41, 5.74) is 0. The molecule has 0 aromatic heterocycles. The van der Waals surface area contributed by atoms with Gasteiger partial charge >= 0.3 is 12.0 Å². The molecule has 106 valence electrons. The van der Waals surface area contributed by atoms with Crippen LogP contribution < -0.4 is 5.32 Å². The van der Waals surface area contributed by atoms with Gasteiger partial charge in [0.15, 0.2) is 0 Å². The number of alkyl halides is 2. The Kier molecular flexibility index (Phi) is 7.93. The number of carbonyl (C=O) groups excluding carboxylic acids is 1. The quantitative estimate of drug-likeness (QED) is 0.598. The van der Waals surface area contributed by atoms with Crippen molar-refractivity contribution in [3.05, 3.63) is 0 Å². The molecule has 2 amide bonds. The van der Waals surface area contributed by atoms with Crippen molar-refractivity contribution in [1.29, 1.82) is 0 Å². The van der Waals surface area contributed by atoms with E-state index < -0.39 is 37.6 Å². The van der Waals surface area contributed by atoms with Crippen molar-refractivity contribution in [2.75, 3.05) is 19.7 Å². The van der Waals surface area contributed by atoms with E-state index in [2.05, 4.69) is 5.32 Å². The molecule has 0 unspecified atom stereocenters. The highest BCUT2D eigenvalue weighted by molar-refractivity contribution is 5.82. The van der Waals surface area contributed by atoms with Gasteiger partial charge in [-0.15, -0.1) is 0 Å². The first-order chi connectivity index (χ1) is 8.42. The molecule has 6 nitrogen and oxygen atoms in total. The van der Waals surface area contributed by atoms with Crippen LogP contribution in [0.1, 0.15) is 19.8 Å². The molecule has 1 atom stereocenters. The lowest BCUT2D eigenvalue weighted by Gasteiger charge is -2.24. The molecule has 0 aromatic carbocycles. The second-order valence-electron chi connectivity index (χ2n) is 3.69. The van der Waals surface area contributed by atoms with E-state index in [-0.39, 0.29) is 13.0 Å². The van der Waals surface area contributed by atoms with Crippen LogP contribution >= 0.6 is 0 Å². The van der Waals surface area contributed by atoms with Gasteiger partial charge in [-0.05, 0) is 6.42 Å². The number of aliphatic hydroxyl groups excluding tert-OH is 1. The van der Waals surface area contributed by atoms with Crippen LogP contribution in [0.2, 0.25) is 0 Å². The Morgan fingerprint density at radius 2 is 2.00 bits per heavy atom. The van der Waals surface area contributed by atoms with Gasteiger partial charge in [0.2, 0.25) is 0 Å². The minimum absolute atomic E-state index is 0.211. The van der Waals surface area contributed by atoms with E-state index >= 15 is 0 Å². The number of hydrogen-bond acceptors (Lipinski definition) is 3. The van der Waals surface area contributed by atoms with E-state index in [1.165, 1.54) is 0 Å². The monoisotopic (exact) mass is 268 g/mol. The Bertz CT molecular complexity index is 277. The van der Waals surface area contributed by atoms with E-state index in [0.29, 0.717) is 11.3 Å². The van der Waals surface area contributed by atoms with E-state index in [4.69, 9.17) is 10.2 Å². The van der Waals surface area contributed by atoms with Crippen LogP contribution in [0.4, 0.5) is 13.6 Å². The van der Waals surface area contributed by atoms with Crippen molar-refractivity contribution in [2.45, 2.75) is 32.2 Å². The summed E-state index contributed by atoms with van der Waals surface area (Å²) in [7, 11) is 0. The molecule has 0 rings (SSSR count). The van der Waals surface area contributed by atoms with Crippen LogP contribution in [0.15, 0.2) is 0 Å². The summed E-state index contributed by atoms with van der Waals surface area (Å²) in [6.45, 7) is 0.165. The zero-order valence-corrected chi connectivity index (χ0v) is 10.1.